The quantitative estimate of drug-likeness (QED) is 0.511. The molecule has 0 aromatic carbocycles. The third kappa shape index (κ3) is 6.27. The second kappa shape index (κ2) is 9.00. The number of amides is 2. The summed E-state index contributed by atoms with van der Waals surface area (Å²) in [7, 11) is 0. The zero-order valence-electron chi connectivity index (χ0n) is 10.3. The molecule has 16 heavy (non-hydrogen) atoms. The zero-order chi connectivity index (χ0) is 12.4. The second-order valence-electron chi connectivity index (χ2n) is 3.47. The van der Waals surface area contributed by atoms with Gasteiger partial charge in [0.25, 0.3) is 0 Å². The van der Waals surface area contributed by atoms with Gasteiger partial charge in [-0.15, -0.1) is 0 Å². The first-order chi connectivity index (χ1) is 7.65. The summed E-state index contributed by atoms with van der Waals surface area (Å²) < 4.78 is 5.03. The van der Waals surface area contributed by atoms with Crippen molar-refractivity contribution in [3.63, 3.8) is 0 Å². The third-order valence-electron chi connectivity index (χ3n) is 2.29. The molecule has 0 aromatic heterocycles. The third-order valence-corrected chi connectivity index (χ3v) is 2.29. The molecular formula is C11H22N2O3. The van der Waals surface area contributed by atoms with Crippen LogP contribution >= 0.6 is 0 Å². The fraction of sp³-hybridized carbons (Fsp3) is 0.818. The molecule has 0 aliphatic carbocycles. The molecule has 94 valence electrons. The van der Waals surface area contributed by atoms with Crippen molar-refractivity contribution in [2.45, 2.75) is 33.6 Å². The number of nitrogens with one attached hydrogen (secondary N) is 2. The Kier molecular flexibility index (Phi) is 8.29. The van der Waals surface area contributed by atoms with Gasteiger partial charge in [-0.05, 0) is 19.8 Å². The second-order valence-corrected chi connectivity index (χ2v) is 3.47. The molecule has 0 rings (SSSR count). The van der Waals surface area contributed by atoms with Gasteiger partial charge in [0.15, 0.2) is 0 Å². The first-order valence-electron chi connectivity index (χ1n) is 5.83. The smallest absolute Gasteiger partial charge is 0.314 e. The Morgan fingerprint density at radius 3 is 2.25 bits per heavy atom. The van der Waals surface area contributed by atoms with E-state index in [0.717, 1.165) is 12.8 Å². The van der Waals surface area contributed by atoms with Gasteiger partial charge in [-0.2, -0.15) is 0 Å². The Morgan fingerprint density at radius 1 is 1.12 bits per heavy atom. The van der Waals surface area contributed by atoms with Crippen LogP contribution in [0.2, 0.25) is 0 Å². The largest absolute Gasteiger partial charge is 0.464 e. The number of rotatable bonds is 7. The number of carbonyl (C=O) groups excluding carboxylic acids is 2. The maximum Gasteiger partial charge on any atom is 0.314 e. The molecular weight excluding hydrogens is 208 g/mol. The molecule has 0 saturated heterocycles. The molecule has 0 saturated carbocycles. The van der Waals surface area contributed by atoms with Gasteiger partial charge in [0, 0.05) is 6.54 Å². The number of esters is 1. The fourth-order valence-electron chi connectivity index (χ4n) is 1.28. The van der Waals surface area contributed by atoms with Crippen molar-refractivity contribution in [2.75, 3.05) is 19.7 Å². The van der Waals surface area contributed by atoms with E-state index in [1.165, 1.54) is 0 Å². The van der Waals surface area contributed by atoms with Gasteiger partial charge in [0.1, 0.15) is 6.61 Å². The van der Waals surface area contributed by atoms with Crippen LogP contribution in [0.15, 0.2) is 0 Å². The predicted molar refractivity (Wildman–Crippen MR) is 62.1 cm³/mol. The number of carbonyl (C=O) groups is 2. The van der Waals surface area contributed by atoms with Crippen LogP contribution in [0, 0.1) is 5.92 Å². The summed E-state index contributed by atoms with van der Waals surface area (Å²) >= 11 is 0. The summed E-state index contributed by atoms with van der Waals surface area (Å²) in [5.41, 5.74) is 0. The molecule has 0 radical (unpaired) electrons. The van der Waals surface area contributed by atoms with Gasteiger partial charge in [0.2, 0.25) is 0 Å². The minimum Gasteiger partial charge on any atom is -0.464 e. The molecule has 0 bridgehead atoms. The lowest BCUT2D eigenvalue weighted by atomic mass is 10.0. The van der Waals surface area contributed by atoms with Crippen LogP contribution in [0.5, 0.6) is 0 Å². The molecule has 0 aromatic rings. The average molecular weight is 230 g/mol. The molecule has 0 spiro atoms. The highest BCUT2D eigenvalue weighted by Gasteiger charge is 2.15. The zero-order valence-corrected chi connectivity index (χ0v) is 10.3. The Morgan fingerprint density at radius 2 is 1.75 bits per heavy atom. The highest BCUT2D eigenvalue weighted by atomic mass is 16.5. The Balaban J connectivity index is 3.58. The summed E-state index contributed by atoms with van der Waals surface area (Å²) in [5.74, 6) is -0.202. The van der Waals surface area contributed by atoms with Crippen LogP contribution < -0.4 is 10.6 Å². The van der Waals surface area contributed by atoms with E-state index in [4.69, 9.17) is 4.74 Å². The first kappa shape index (κ1) is 14.7. The van der Waals surface area contributed by atoms with Gasteiger partial charge in [-0.1, -0.05) is 13.8 Å². The van der Waals surface area contributed by atoms with Gasteiger partial charge in [0.05, 0.1) is 12.5 Å². The number of urea groups is 1. The van der Waals surface area contributed by atoms with Gasteiger partial charge in [-0.3, -0.25) is 4.79 Å². The van der Waals surface area contributed by atoms with Crippen LogP contribution in [0.1, 0.15) is 33.6 Å². The molecule has 5 heteroatoms. The van der Waals surface area contributed by atoms with E-state index in [-0.39, 0.29) is 24.5 Å². The van der Waals surface area contributed by atoms with Crippen molar-refractivity contribution in [3.05, 3.63) is 0 Å². The van der Waals surface area contributed by atoms with Crippen molar-refractivity contribution >= 4 is 12.0 Å². The maximum atomic E-state index is 11.4. The molecule has 2 amide bonds. The van der Waals surface area contributed by atoms with Gasteiger partial charge in [-0.25, -0.2) is 4.79 Å². The average Bonchev–Trinajstić information content (AvgIpc) is 2.26. The monoisotopic (exact) mass is 230 g/mol. The summed E-state index contributed by atoms with van der Waals surface area (Å²) in [4.78, 5) is 22.4. The molecule has 0 aliphatic heterocycles. The van der Waals surface area contributed by atoms with E-state index in [1.807, 2.05) is 20.8 Å². The molecule has 2 N–H and O–H groups in total. The number of ether oxygens (including phenoxy) is 1. The topological polar surface area (TPSA) is 67.4 Å². The van der Waals surface area contributed by atoms with Crippen LogP contribution in [-0.2, 0) is 9.53 Å². The Labute approximate surface area is 96.9 Å². The van der Waals surface area contributed by atoms with E-state index in [2.05, 4.69) is 10.6 Å². The summed E-state index contributed by atoms with van der Waals surface area (Å²) in [6.07, 6.45) is 1.58. The molecule has 0 aliphatic rings. The molecule has 0 unspecified atom stereocenters. The Hall–Kier alpha value is -1.26. The lowest BCUT2D eigenvalue weighted by Crippen LogP contribution is -2.37. The van der Waals surface area contributed by atoms with Crippen molar-refractivity contribution in [1.82, 2.24) is 10.6 Å². The van der Waals surface area contributed by atoms with Crippen LogP contribution in [0.25, 0.3) is 0 Å². The standard InChI is InChI=1S/C11H22N2O3/c1-4-9(5-2)10(14)16-8-7-13-11(15)12-6-3/h9H,4-8H2,1-3H3,(H2,12,13,15). The number of hydrogen-bond acceptors (Lipinski definition) is 3. The van der Waals surface area contributed by atoms with Crippen molar-refractivity contribution < 1.29 is 14.3 Å². The van der Waals surface area contributed by atoms with Crippen molar-refractivity contribution in [2.24, 2.45) is 5.92 Å². The van der Waals surface area contributed by atoms with E-state index >= 15 is 0 Å². The van der Waals surface area contributed by atoms with E-state index in [1.54, 1.807) is 0 Å². The van der Waals surface area contributed by atoms with Crippen LogP contribution in [0.4, 0.5) is 4.79 Å². The maximum absolute atomic E-state index is 11.4. The predicted octanol–water partition coefficient (Wildman–Crippen LogP) is 1.28. The summed E-state index contributed by atoms with van der Waals surface area (Å²) in [6.45, 7) is 6.92. The van der Waals surface area contributed by atoms with Crippen molar-refractivity contribution in [1.29, 1.82) is 0 Å². The first-order valence-corrected chi connectivity index (χ1v) is 5.83. The van der Waals surface area contributed by atoms with Crippen molar-refractivity contribution in [3.8, 4) is 0 Å². The normalized spacial score (nSPS) is 10.0. The van der Waals surface area contributed by atoms with Crippen LogP contribution in [-0.4, -0.2) is 31.7 Å². The summed E-state index contributed by atoms with van der Waals surface area (Å²) in [6, 6.07) is -0.235. The Bertz CT molecular complexity index is 215. The molecule has 5 nitrogen and oxygen atoms in total. The molecule has 0 heterocycles. The lowest BCUT2D eigenvalue weighted by molar-refractivity contribution is -0.148. The van der Waals surface area contributed by atoms with Crippen LogP contribution in [0.3, 0.4) is 0 Å². The van der Waals surface area contributed by atoms with Gasteiger partial charge >= 0.3 is 12.0 Å². The highest BCUT2D eigenvalue weighted by molar-refractivity contribution is 5.74. The summed E-state index contributed by atoms with van der Waals surface area (Å²) in [5, 5.41) is 5.17. The highest BCUT2D eigenvalue weighted by Crippen LogP contribution is 2.08. The van der Waals surface area contributed by atoms with E-state index < -0.39 is 0 Å². The minimum atomic E-state index is -0.235. The molecule has 0 atom stereocenters. The fourth-order valence-corrected chi connectivity index (χ4v) is 1.28. The minimum absolute atomic E-state index is 0.0236. The van der Waals surface area contributed by atoms with E-state index in [0.29, 0.717) is 13.1 Å². The number of hydrogen-bond donors (Lipinski definition) is 2. The lowest BCUT2D eigenvalue weighted by Gasteiger charge is -2.12. The molecule has 0 fully saturated rings. The SMILES string of the molecule is CCNC(=O)NCCOC(=O)C(CC)CC. The van der Waals surface area contributed by atoms with E-state index in [9.17, 15) is 9.59 Å². The van der Waals surface area contributed by atoms with Gasteiger partial charge < -0.3 is 15.4 Å².